The molecule has 0 bridgehead atoms. The van der Waals surface area contributed by atoms with Crippen LogP contribution in [0.5, 0.6) is 0 Å². The maximum absolute atomic E-state index is 13.7. The number of cyclic esters (lactones) is 1. The smallest absolute Gasteiger partial charge is 0.355 e. The summed E-state index contributed by atoms with van der Waals surface area (Å²) in [6.45, 7) is 3.74. The van der Waals surface area contributed by atoms with Crippen LogP contribution in [0.15, 0.2) is 41.2 Å². The molecule has 4 heterocycles. The van der Waals surface area contributed by atoms with Crippen molar-refractivity contribution in [2.24, 2.45) is 17.4 Å². The summed E-state index contributed by atoms with van der Waals surface area (Å²) in [6.07, 6.45) is 2.41. The van der Waals surface area contributed by atoms with E-state index >= 15 is 0 Å². The van der Waals surface area contributed by atoms with Gasteiger partial charge in [0.05, 0.1) is 41.5 Å². The molecule has 0 spiro atoms. The van der Waals surface area contributed by atoms with Gasteiger partial charge in [0.15, 0.2) is 5.78 Å². The molecule has 5 rings (SSSR count). The highest BCUT2D eigenvalue weighted by molar-refractivity contribution is 5.92. The predicted octanol–water partition coefficient (Wildman–Crippen LogP) is 2.39. The number of carbonyl (C=O) groups excluding carboxylic acids is 6. The van der Waals surface area contributed by atoms with Crippen LogP contribution in [-0.2, 0) is 57.0 Å². The van der Waals surface area contributed by atoms with Gasteiger partial charge in [-0.1, -0.05) is 31.5 Å². The number of ketones is 1. The minimum atomic E-state index is -1.87. The summed E-state index contributed by atoms with van der Waals surface area (Å²) in [5.41, 5.74) is 12.1. The molecule has 3 atom stereocenters. The third kappa shape index (κ3) is 8.84. The highest BCUT2D eigenvalue weighted by Crippen LogP contribution is 2.41. The molecule has 3 aromatic rings. The van der Waals surface area contributed by atoms with Crippen molar-refractivity contribution in [1.82, 2.24) is 20.2 Å². The number of primary amides is 1. The van der Waals surface area contributed by atoms with E-state index in [1.165, 1.54) is 6.92 Å². The summed E-state index contributed by atoms with van der Waals surface area (Å²) in [7, 11) is 0. The number of fused-ring (bicyclic) bond motifs is 5. The summed E-state index contributed by atoms with van der Waals surface area (Å²) in [5, 5.41) is 6.31. The van der Waals surface area contributed by atoms with Crippen LogP contribution in [0.3, 0.4) is 0 Å². The number of nitrogens with zero attached hydrogens (tertiary/aromatic N) is 2. The van der Waals surface area contributed by atoms with Gasteiger partial charge in [0.25, 0.3) is 5.56 Å². The number of rotatable bonds is 19. The van der Waals surface area contributed by atoms with Gasteiger partial charge in [-0.25, -0.2) is 9.78 Å². The second-order valence-corrected chi connectivity index (χ2v) is 13.9. The monoisotopic (exact) mass is 744 g/mol. The zero-order valence-corrected chi connectivity index (χ0v) is 30.7. The SMILES string of the molecule is CC[C@]1(OC(=O)CCC(=O)NCCCC[C@H](CC(=O)[C@H](CCCCN)NC(C)=O)C(N)=O)C(=O)OCc2c1cc1n(c2=O)Cc2cc3ccccc3nc2-1. The van der Waals surface area contributed by atoms with E-state index in [9.17, 15) is 33.6 Å². The van der Waals surface area contributed by atoms with Crippen LogP contribution in [0.1, 0.15) is 94.7 Å². The number of hydrogen-bond acceptors (Lipinski definition) is 11. The molecule has 0 saturated heterocycles. The Balaban J connectivity index is 1.15. The van der Waals surface area contributed by atoms with Gasteiger partial charge in [0.1, 0.15) is 6.61 Å². The molecule has 2 aromatic heterocycles. The molecule has 15 heteroatoms. The fourth-order valence-corrected chi connectivity index (χ4v) is 7.16. The first-order valence-corrected chi connectivity index (χ1v) is 18.5. The Hall–Kier alpha value is -5.44. The van der Waals surface area contributed by atoms with Crippen LogP contribution >= 0.6 is 0 Å². The number of nitrogens with one attached hydrogen (secondary N) is 2. The molecule has 0 fully saturated rings. The fraction of sp³-hybridized carbons (Fsp3) is 0.487. The molecule has 2 aliphatic heterocycles. The van der Waals surface area contributed by atoms with Gasteiger partial charge in [-0.3, -0.25) is 28.8 Å². The summed E-state index contributed by atoms with van der Waals surface area (Å²) in [6, 6.07) is 10.6. The minimum Gasteiger partial charge on any atom is -0.457 e. The van der Waals surface area contributed by atoms with E-state index in [1.54, 1.807) is 17.6 Å². The number of Topliss-reactive ketones (excluding diaryl/α,β-unsaturated/α-hetero) is 1. The quantitative estimate of drug-likeness (QED) is 0.0804. The van der Waals surface area contributed by atoms with E-state index in [2.05, 4.69) is 10.6 Å². The molecular formula is C39H48N6O9. The Morgan fingerprint density at radius 3 is 2.52 bits per heavy atom. The van der Waals surface area contributed by atoms with Gasteiger partial charge in [-0.15, -0.1) is 0 Å². The number of hydrogen-bond donors (Lipinski definition) is 4. The van der Waals surface area contributed by atoms with Gasteiger partial charge in [0, 0.05) is 48.7 Å². The molecule has 0 aliphatic carbocycles. The summed E-state index contributed by atoms with van der Waals surface area (Å²) in [4.78, 5) is 94.3. The van der Waals surface area contributed by atoms with E-state index in [0.717, 1.165) is 16.5 Å². The predicted molar refractivity (Wildman–Crippen MR) is 197 cm³/mol. The molecular weight excluding hydrogens is 696 g/mol. The molecule has 0 saturated carbocycles. The lowest BCUT2D eigenvalue weighted by molar-refractivity contribution is -0.189. The average Bonchev–Trinajstić information content (AvgIpc) is 3.50. The zero-order valence-electron chi connectivity index (χ0n) is 30.7. The van der Waals surface area contributed by atoms with Crippen LogP contribution in [0.2, 0.25) is 0 Å². The van der Waals surface area contributed by atoms with Crippen molar-refractivity contribution in [3.05, 3.63) is 63.4 Å². The molecule has 3 amide bonds. The van der Waals surface area contributed by atoms with E-state index in [-0.39, 0.29) is 67.2 Å². The number of nitrogens with two attached hydrogens (primary N) is 2. The standard InChI is InChI=1S/C39H48N6O9/c1-3-39(28-20-31-35-26(18-24-10-4-5-12-29(24)44-35)21-45(31)37(51)27(28)22-53-38(39)52)54-34(49)15-14-33(48)42-17-9-7-11-25(36(41)50)19-32(47)30(43-23(2)46)13-6-8-16-40/h4-5,10,12,18,20,25,30H,3,6-9,11,13-17,19,21-22,40H2,1-2H3,(H2,41,50)(H,42,48)(H,43,46)/t25-,30+,39-/m1/s1. The topological polar surface area (TPSA) is 232 Å². The Kier molecular flexibility index (Phi) is 13.0. The lowest BCUT2D eigenvalue weighted by Gasteiger charge is -2.35. The lowest BCUT2D eigenvalue weighted by atomic mass is 9.85. The third-order valence-corrected chi connectivity index (χ3v) is 10.1. The number of aromatic nitrogens is 2. The van der Waals surface area contributed by atoms with Crippen molar-refractivity contribution in [2.45, 2.75) is 103 Å². The molecule has 1 aromatic carbocycles. The van der Waals surface area contributed by atoms with E-state index < -0.39 is 41.3 Å². The Bertz CT molecular complexity index is 2010. The van der Waals surface area contributed by atoms with Gasteiger partial charge in [0.2, 0.25) is 23.3 Å². The molecule has 0 radical (unpaired) electrons. The van der Waals surface area contributed by atoms with E-state index in [4.69, 9.17) is 25.9 Å². The summed E-state index contributed by atoms with van der Waals surface area (Å²) in [5.74, 6) is -3.98. The van der Waals surface area contributed by atoms with Crippen molar-refractivity contribution >= 4 is 46.3 Å². The first-order valence-electron chi connectivity index (χ1n) is 18.5. The largest absolute Gasteiger partial charge is 0.457 e. The number of esters is 2. The average molecular weight is 745 g/mol. The van der Waals surface area contributed by atoms with Gasteiger partial charge in [-0.05, 0) is 63.3 Å². The number of unbranched alkanes of at least 4 members (excludes halogenated alkanes) is 2. The maximum Gasteiger partial charge on any atom is 0.355 e. The van der Waals surface area contributed by atoms with Crippen LogP contribution in [-0.4, -0.2) is 64.1 Å². The van der Waals surface area contributed by atoms with Crippen molar-refractivity contribution in [1.29, 1.82) is 0 Å². The fourth-order valence-electron chi connectivity index (χ4n) is 7.16. The first-order chi connectivity index (χ1) is 25.9. The van der Waals surface area contributed by atoms with E-state index in [0.29, 0.717) is 63.0 Å². The molecule has 54 heavy (non-hydrogen) atoms. The van der Waals surface area contributed by atoms with Crippen molar-refractivity contribution < 1.29 is 38.2 Å². The normalized spacial score (nSPS) is 16.7. The Labute approximate surface area is 312 Å². The number of para-hydroxylation sites is 1. The van der Waals surface area contributed by atoms with Gasteiger partial charge in [-0.2, -0.15) is 0 Å². The van der Waals surface area contributed by atoms with Crippen LogP contribution in [0.4, 0.5) is 0 Å². The number of pyridine rings is 2. The van der Waals surface area contributed by atoms with Gasteiger partial charge >= 0.3 is 11.9 Å². The second kappa shape index (κ2) is 17.6. The molecule has 288 valence electrons. The molecule has 2 aliphatic rings. The van der Waals surface area contributed by atoms with Crippen LogP contribution < -0.4 is 27.7 Å². The highest BCUT2D eigenvalue weighted by atomic mass is 16.6. The van der Waals surface area contributed by atoms with Crippen molar-refractivity contribution in [3.63, 3.8) is 0 Å². The summed E-state index contributed by atoms with van der Waals surface area (Å²) >= 11 is 0. The number of carbonyl (C=O) groups is 6. The van der Waals surface area contributed by atoms with Crippen LogP contribution in [0, 0.1) is 5.92 Å². The Morgan fingerprint density at radius 2 is 1.80 bits per heavy atom. The molecule has 15 nitrogen and oxygen atoms in total. The lowest BCUT2D eigenvalue weighted by Crippen LogP contribution is -2.47. The summed E-state index contributed by atoms with van der Waals surface area (Å²) < 4.78 is 12.8. The molecule has 6 N–H and O–H groups in total. The van der Waals surface area contributed by atoms with Crippen LogP contribution in [0.25, 0.3) is 22.3 Å². The van der Waals surface area contributed by atoms with E-state index in [1.807, 2.05) is 30.3 Å². The number of ether oxygens (including phenoxy) is 2. The molecule has 0 unspecified atom stereocenters. The maximum atomic E-state index is 13.7. The van der Waals surface area contributed by atoms with Crippen molar-refractivity contribution in [3.8, 4) is 11.4 Å². The minimum absolute atomic E-state index is 0.00224. The highest BCUT2D eigenvalue weighted by Gasteiger charge is 2.50. The zero-order chi connectivity index (χ0) is 39.0. The first kappa shape index (κ1) is 39.8. The van der Waals surface area contributed by atoms with Crippen molar-refractivity contribution in [2.75, 3.05) is 13.1 Å². The number of benzene rings is 1. The Morgan fingerprint density at radius 1 is 1.04 bits per heavy atom. The second-order valence-electron chi connectivity index (χ2n) is 13.9. The third-order valence-electron chi connectivity index (χ3n) is 10.1. The number of amides is 3. The van der Waals surface area contributed by atoms with Gasteiger partial charge < -0.3 is 36.1 Å².